The maximum Gasteiger partial charge on any atom is 0.227 e. The molecule has 1 aliphatic carbocycles. The molecule has 0 aromatic heterocycles. The molecular formula is C18H26N2O. The van der Waals surface area contributed by atoms with Gasteiger partial charge in [-0.2, -0.15) is 0 Å². The first-order valence-electron chi connectivity index (χ1n) is 8.24. The Bertz CT molecular complexity index is 536. The summed E-state index contributed by atoms with van der Waals surface area (Å²) in [5.41, 5.74) is 3.79. The first kappa shape index (κ1) is 14.6. The molecule has 2 unspecified atom stereocenters. The van der Waals surface area contributed by atoms with Crippen LogP contribution in [0.1, 0.15) is 50.3 Å². The molecule has 0 spiro atoms. The van der Waals surface area contributed by atoms with Crippen molar-refractivity contribution in [3.8, 4) is 0 Å². The Hall–Kier alpha value is -1.35. The van der Waals surface area contributed by atoms with Gasteiger partial charge in [-0.1, -0.05) is 26.0 Å². The molecule has 1 fully saturated rings. The van der Waals surface area contributed by atoms with E-state index in [0.29, 0.717) is 18.4 Å². The Balaban J connectivity index is 1.88. The van der Waals surface area contributed by atoms with Gasteiger partial charge in [0.25, 0.3) is 0 Å². The van der Waals surface area contributed by atoms with Gasteiger partial charge in [-0.05, 0) is 54.8 Å². The predicted molar refractivity (Wildman–Crippen MR) is 86.5 cm³/mol. The van der Waals surface area contributed by atoms with E-state index in [4.69, 9.17) is 0 Å². The van der Waals surface area contributed by atoms with Gasteiger partial charge in [-0.15, -0.1) is 0 Å². The Morgan fingerprint density at radius 1 is 1.33 bits per heavy atom. The first-order valence-corrected chi connectivity index (χ1v) is 8.24. The summed E-state index contributed by atoms with van der Waals surface area (Å²) >= 11 is 0. The average Bonchev–Trinajstić information content (AvgIpc) is 3.32. The second-order valence-electron chi connectivity index (χ2n) is 6.57. The first-order chi connectivity index (χ1) is 10.1. The Morgan fingerprint density at radius 3 is 2.76 bits per heavy atom. The van der Waals surface area contributed by atoms with Gasteiger partial charge in [0.15, 0.2) is 0 Å². The van der Waals surface area contributed by atoms with Gasteiger partial charge in [0.2, 0.25) is 5.91 Å². The fraction of sp³-hybridized carbons (Fsp3) is 0.611. The Labute approximate surface area is 127 Å². The number of anilines is 1. The number of aryl methyl sites for hydroxylation is 1. The van der Waals surface area contributed by atoms with Crippen LogP contribution < -0.4 is 10.2 Å². The number of hydrogen-bond acceptors (Lipinski definition) is 2. The van der Waals surface area contributed by atoms with Crippen molar-refractivity contribution in [2.75, 3.05) is 18.5 Å². The summed E-state index contributed by atoms with van der Waals surface area (Å²) in [6.45, 7) is 5.55. The quantitative estimate of drug-likeness (QED) is 0.901. The zero-order valence-electron chi connectivity index (χ0n) is 13.4. The Morgan fingerprint density at radius 2 is 2.10 bits per heavy atom. The van der Waals surface area contributed by atoms with Gasteiger partial charge >= 0.3 is 0 Å². The van der Waals surface area contributed by atoms with E-state index in [-0.39, 0.29) is 5.91 Å². The van der Waals surface area contributed by atoms with Crippen molar-refractivity contribution in [1.82, 2.24) is 5.32 Å². The van der Waals surface area contributed by atoms with E-state index in [1.54, 1.807) is 4.90 Å². The smallest absolute Gasteiger partial charge is 0.227 e. The van der Waals surface area contributed by atoms with E-state index in [9.17, 15) is 4.79 Å². The number of nitrogens with zero attached hydrogens (tertiary/aromatic N) is 1. The third-order valence-electron chi connectivity index (χ3n) is 5.12. The molecule has 1 aromatic rings. The van der Waals surface area contributed by atoms with Crippen molar-refractivity contribution in [1.29, 1.82) is 0 Å². The van der Waals surface area contributed by atoms with E-state index >= 15 is 0 Å². The second kappa shape index (κ2) is 5.80. The van der Waals surface area contributed by atoms with E-state index in [1.807, 2.05) is 7.05 Å². The van der Waals surface area contributed by atoms with Crippen molar-refractivity contribution in [3.63, 3.8) is 0 Å². The lowest BCUT2D eigenvalue weighted by Crippen LogP contribution is -2.32. The normalized spacial score (nSPS) is 21.1. The number of amides is 1. The van der Waals surface area contributed by atoms with Crippen molar-refractivity contribution in [2.24, 2.45) is 11.8 Å². The lowest BCUT2D eigenvalue weighted by molar-refractivity contribution is -0.118. The molecule has 1 aliphatic heterocycles. The van der Waals surface area contributed by atoms with Gasteiger partial charge in [0, 0.05) is 25.2 Å². The number of benzene rings is 1. The van der Waals surface area contributed by atoms with Gasteiger partial charge in [0.1, 0.15) is 0 Å². The number of carbonyl (C=O) groups is 1. The summed E-state index contributed by atoms with van der Waals surface area (Å²) in [5, 5.41) is 3.67. The van der Waals surface area contributed by atoms with Crippen molar-refractivity contribution < 1.29 is 4.79 Å². The summed E-state index contributed by atoms with van der Waals surface area (Å²) in [5.74, 6) is 1.80. The SMILES string of the molecule is CCNC(c1ccc2c(c1)CCC(=O)N2C)C(C)C1CC1. The van der Waals surface area contributed by atoms with E-state index in [1.165, 1.54) is 24.0 Å². The lowest BCUT2D eigenvalue weighted by atomic mass is 9.88. The van der Waals surface area contributed by atoms with Crippen molar-refractivity contribution in [2.45, 2.75) is 45.6 Å². The fourth-order valence-corrected chi connectivity index (χ4v) is 3.59. The van der Waals surface area contributed by atoms with Gasteiger partial charge in [-0.3, -0.25) is 4.79 Å². The molecule has 3 nitrogen and oxygen atoms in total. The third kappa shape index (κ3) is 2.84. The van der Waals surface area contributed by atoms with Crippen LogP contribution in [0.15, 0.2) is 18.2 Å². The molecule has 2 aliphatic rings. The summed E-state index contributed by atoms with van der Waals surface area (Å²) in [4.78, 5) is 13.6. The summed E-state index contributed by atoms with van der Waals surface area (Å²) < 4.78 is 0. The van der Waals surface area contributed by atoms with E-state index in [0.717, 1.165) is 24.6 Å². The zero-order valence-corrected chi connectivity index (χ0v) is 13.4. The zero-order chi connectivity index (χ0) is 15.0. The third-order valence-corrected chi connectivity index (χ3v) is 5.12. The maximum atomic E-state index is 11.8. The predicted octanol–water partition coefficient (Wildman–Crippen LogP) is 3.29. The van der Waals surface area contributed by atoms with Crippen LogP contribution in [0, 0.1) is 11.8 Å². The van der Waals surface area contributed by atoms with Crippen LogP contribution in [0.25, 0.3) is 0 Å². The van der Waals surface area contributed by atoms with Crippen LogP contribution in [0.5, 0.6) is 0 Å². The number of rotatable bonds is 5. The number of nitrogens with one attached hydrogen (secondary N) is 1. The van der Waals surface area contributed by atoms with Crippen LogP contribution in [-0.2, 0) is 11.2 Å². The number of fused-ring (bicyclic) bond motifs is 1. The molecule has 1 aromatic carbocycles. The topological polar surface area (TPSA) is 32.3 Å². The number of carbonyl (C=O) groups excluding carboxylic acids is 1. The summed E-state index contributed by atoms with van der Waals surface area (Å²) in [7, 11) is 1.88. The van der Waals surface area contributed by atoms with Crippen molar-refractivity contribution >= 4 is 11.6 Å². The molecule has 1 N–H and O–H groups in total. The molecular weight excluding hydrogens is 260 g/mol. The van der Waals surface area contributed by atoms with Crippen molar-refractivity contribution in [3.05, 3.63) is 29.3 Å². The highest BCUT2D eigenvalue weighted by atomic mass is 16.2. The van der Waals surface area contributed by atoms with Gasteiger partial charge in [-0.25, -0.2) is 0 Å². The molecule has 114 valence electrons. The molecule has 3 rings (SSSR count). The van der Waals surface area contributed by atoms with Gasteiger partial charge < -0.3 is 10.2 Å². The minimum atomic E-state index is 0.227. The van der Waals surface area contributed by atoms with Gasteiger partial charge in [0.05, 0.1) is 0 Å². The molecule has 0 radical (unpaired) electrons. The molecule has 0 saturated heterocycles. The largest absolute Gasteiger partial charge is 0.315 e. The molecule has 0 bridgehead atoms. The maximum absolute atomic E-state index is 11.8. The highest BCUT2D eigenvalue weighted by Crippen LogP contribution is 2.43. The molecule has 3 heteroatoms. The minimum absolute atomic E-state index is 0.227. The van der Waals surface area contributed by atoms with Crippen LogP contribution in [0.3, 0.4) is 0 Å². The second-order valence-corrected chi connectivity index (χ2v) is 6.57. The average molecular weight is 286 g/mol. The van der Waals surface area contributed by atoms with Crippen LogP contribution >= 0.6 is 0 Å². The molecule has 21 heavy (non-hydrogen) atoms. The summed E-state index contributed by atoms with van der Waals surface area (Å²) in [6.07, 6.45) is 4.27. The van der Waals surface area contributed by atoms with Crippen LogP contribution in [-0.4, -0.2) is 19.5 Å². The molecule has 1 saturated carbocycles. The lowest BCUT2D eigenvalue weighted by Gasteiger charge is -2.29. The number of hydrogen-bond donors (Lipinski definition) is 1. The minimum Gasteiger partial charge on any atom is -0.315 e. The summed E-state index contributed by atoms with van der Waals surface area (Å²) in [6, 6.07) is 7.10. The fourth-order valence-electron chi connectivity index (χ4n) is 3.59. The van der Waals surface area contributed by atoms with Crippen LogP contribution in [0.2, 0.25) is 0 Å². The molecule has 1 heterocycles. The standard InChI is InChI=1S/C18H26N2O/c1-4-19-18(12(2)13-5-6-13)15-7-9-16-14(11-15)8-10-17(21)20(16)3/h7,9,11-13,18-19H,4-6,8,10H2,1-3H3. The van der Waals surface area contributed by atoms with E-state index < -0.39 is 0 Å². The monoisotopic (exact) mass is 286 g/mol. The molecule has 2 atom stereocenters. The van der Waals surface area contributed by atoms with Crippen LogP contribution in [0.4, 0.5) is 5.69 Å². The highest BCUT2D eigenvalue weighted by Gasteiger charge is 2.34. The highest BCUT2D eigenvalue weighted by molar-refractivity contribution is 5.95. The Kier molecular flexibility index (Phi) is 4.03. The van der Waals surface area contributed by atoms with E-state index in [2.05, 4.69) is 37.4 Å². The molecule has 1 amide bonds.